The van der Waals surface area contributed by atoms with Crippen LogP contribution >= 0.6 is 0 Å². The summed E-state index contributed by atoms with van der Waals surface area (Å²) in [5, 5.41) is 10.3. The molecule has 0 aromatic carbocycles. The lowest BCUT2D eigenvalue weighted by atomic mass is 10.1. The van der Waals surface area contributed by atoms with E-state index < -0.39 is 24.7 Å². The zero-order valence-electron chi connectivity index (χ0n) is 7.35. The Morgan fingerprint density at radius 1 is 1.46 bits per heavy atom. The molecule has 0 saturated carbocycles. The van der Waals surface area contributed by atoms with Gasteiger partial charge in [-0.1, -0.05) is 13.8 Å². The first-order chi connectivity index (χ1) is 5.79. The van der Waals surface area contributed by atoms with Crippen LogP contribution in [-0.4, -0.2) is 29.8 Å². The van der Waals surface area contributed by atoms with E-state index in [1.54, 1.807) is 19.2 Å². The Morgan fingerprint density at radius 2 is 1.92 bits per heavy atom. The van der Waals surface area contributed by atoms with Gasteiger partial charge in [0.15, 0.2) is 0 Å². The Labute approximate surface area is 73.9 Å². The largest absolute Gasteiger partial charge is 0.471 e. The molecule has 0 spiro atoms. The van der Waals surface area contributed by atoms with Crippen LogP contribution in [0.4, 0.5) is 13.2 Å². The fraction of sp³-hybridized carbons (Fsp3) is 0.857. The average molecular weight is 199 g/mol. The second-order valence-electron chi connectivity index (χ2n) is 3.00. The van der Waals surface area contributed by atoms with Gasteiger partial charge in [-0.3, -0.25) is 4.79 Å². The maximum atomic E-state index is 11.7. The van der Waals surface area contributed by atoms with Crippen molar-refractivity contribution in [2.24, 2.45) is 5.92 Å². The molecule has 0 aromatic rings. The number of aliphatic hydroxyl groups is 1. The lowest BCUT2D eigenvalue weighted by molar-refractivity contribution is -0.175. The number of hydrogen-bond acceptors (Lipinski definition) is 2. The van der Waals surface area contributed by atoms with Crippen LogP contribution in [0.2, 0.25) is 0 Å². The SMILES string of the molecule is CC(C)C(CO)NC(=O)C(F)(F)F. The van der Waals surface area contributed by atoms with E-state index in [4.69, 9.17) is 5.11 Å². The van der Waals surface area contributed by atoms with E-state index in [1.165, 1.54) is 0 Å². The highest BCUT2D eigenvalue weighted by atomic mass is 19.4. The molecule has 0 aromatic heterocycles. The standard InChI is InChI=1S/C7H12F3NO2/c1-4(2)5(3-12)11-6(13)7(8,9)10/h4-5,12H,3H2,1-2H3,(H,11,13). The molecule has 1 atom stereocenters. The summed E-state index contributed by atoms with van der Waals surface area (Å²) in [6, 6.07) is -0.853. The maximum absolute atomic E-state index is 11.7. The van der Waals surface area contributed by atoms with Crippen LogP contribution in [0.15, 0.2) is 0 Å². The molecule has 0 aliphatic carbocycles. The van der Waals surface area contributed by atoms with Crippen molar-refractivity contribution < 1.29 is 23.1 Å². The predicted octanol–water partition coefficient (Wildman–Crippen LogP) is 0.682. The first-order valence-corrected chi connectivity index (χ1v) is 3.77. The molecular formula is C7H12F3NO2. The minimum Gasteiger partial charge on any atom is -0.394 e. The highest BCUT2D eigenvalue weighted by Gasteiger charge is 2.39. The van der Waals surface area contributed by atoms with Gasteiger partial charge < -0.3 is 10.4 Å². The first-order valence-electron chi connectivity index (χ1n) is 3.77. The second kappa shape index (κ2) is 4.45. The number of nitrogens with one attached hydrogen (secondary N) is 1. The number of amides is 1. The molecule has 78 valence electrons. The summed E-state index contributed by atoms with van der Waals surface area (Å²) in [6.07, 6.45) is -4.89. The van der Waals surface area contributed by atoms with E-state index in [-0.39, 0.29) is 5.92 Å². The molecule has 0 bridgehead atoms. The molecule has 0 fully saturated rings. The molecule has 0 saturated heterocycles. The summed E-state index contributed by atoms with van der Waals surface area (Å²) in [4.78, 5) is 10.4. The molecule has 0 radical (unpaired) electrons. The topological polar surface area (TPSA) is 49.3 Å². The van der Waals surface area contributed by atoms with Crippen molar-refractivity contribution in [2.75, 3.05) is 6.61 Å². The average Bonchev–Trinajstić information content (AvgIpc) is 1.96. The van der Waals surface area contributed by atoms with Gasteiger partial charge in [0.1, 0.15) is 0 Å². The molecule has 13 heavy (non-hydrogen) atoms. The number of halogens is 3. The highest BCUT2D eigenvalue weighted by molar-refractivity contribution is 5.81. The van der Waals surface area contributed by atoms with Crippen molar-refractivity contribution >= 4 is 5.91 Å². The van der Waals surface area contributed by atoms with E-state index in [0.29, 0.717) is 0 Å². The van der Waals surface area contributed by atoms with Crippen molar-refractivity contribution in [2.45, 2.75) is 26.1 Å². The minimum absolute atomic E-state index is 0.240. The van der Waals surface area contributed by atoms with E-state index in [2.05, 4.69) is 0 Å². The summed E-state index contributed by atoms with van der Waals surface area (Å²) < 4.78 is 35.1. The molecular weight excluding hydrogens is 187 g/mol. The van der Waals surface area contributed by atoms with Crippen LogP contribution < -0.4 is 5.32 Å². The molecule has 1 unspecified atom stereocenters. The van der Waals surface area contributed by atoms with E-state index in [1.807, 2.05) is 0 Å². The van der Waals surface area contributed by atoms with Crippen molar-refractivity contribution in [1.29, 1.82) is 0 Å². The summed E-state index contributed by atoms with van der Waals surface area (Å²) in [7, 11) is 0. The van der Waals surface area contributed by atoms with Crippen LogP contribution in [0.5, 0.6) is 0 Å². The molecule has 1 amide bonds. The fourth-order valence-electron chi connectivity index (χ4n) is 0.673. The van der Waals surface area contributed by atoms with E-state index >= 15 is 0 Å². The summed E-state index contributed by atoms with van der Waals surface area (Å²) in [6.45, 7) is 2.72. The lowest BCUT2D eigenvalue weighted by Gasteiger charge is -2.20. The predicted molar refractivity (Wildman–Crippen MR) is 39.9 cm³/mol. The number of hydrogen-bond donors (Lipinski definition) is 2. The highest BCUT2D eigenvalue weighted by Crippen LogP contribution is 2.15. The Bertz CT molecular complexity index is 179. The Balaban J connectivity index is 4.18. The lowest BCUT2D eigenvalue weighted by Crippen LogP contribution is -2.47. The maximum Gasteiger partial charge on any atom is 0.471 e. The molecule has 0 rings (SSSR count). The number of carbonyl (C=O) groups is 1. The molecule has 0 heterocycles. The van der Waals surface area contributed by atoms with Gasteiger partial charge in [-0.15, -0.1) is 0 Å². The molecule has 0 aliphatic heterocycles. The number of rotatable bonds is 3. The van der Waals surface area contributed by atoms with Crippen molar-refractivity contribution in [3.63, 3.8) is 0 Å². The smallest absolute Gasteiger partial charge is 0.394 e. The van der Waals surface area contributed by atoms with Gasteiger partial charge in [0.2, 0.25) is 0 Å². The van der Waals surface area contributed by atoms with Crippen LogP contribution in [0.3, 0.4) is 0 Å². The van der Waals surface area contributed by atoms with Crippen molar-refractivity contribution in [3.05, 3.63) is 0 Å². The molecule has 0 aliphatic rings. The van der Waals surface area contributed by atoms with Gasteiger partial charge in [0, 0.05) is 0 Å². The van der Waals surface area contributed by atoms with Crippen molar-refractivity contribution in [3.8, 4) is 0 Å². The number of alkyl halides is 3. The zero-order valence-corrected chi connectivity index (χ0v) is 7.35. The van der Waals surface area contributed by atoms with Crippen LogP contribution in [0.25, 0.3) is 0 Å². The van der Waals surface area contributed by atoms with E-state index in [0.717, 1.165) is 0 Å². The van der Waals surface area contributed by atoms with Gasteiger partial charge in [0.05, 0.1) is 12.6 Å². The summed E-state index contributed by atoms with van der Waals surface area (Å²) >= 11 is 0. The molecule has 2 N–H and O–H groups in total. The third-order valence-corrected chi connectivity index (χ3v) is 1.58. The number of carbonyl (C=O) groups excluding carboxylic acids is 1. The molecule has 6 heteroatoms. The number of aliphatic hydroxyl groups excluding tert-OH is 1. The third-order valence-electron chi connectivity index (χ3n) is 1.58. The Morgan fingerprint density at radius 3 is 2.15 bits per heavy atom. The van der Waals surface area contributed by atoms with Gasteiger partial charge in [-0.25, -0.2) is 0 Å². The van der Waals surface area contributed by atoms with Gasteiger partial charge in [-0.2, -0.15) is 13.2 Å². The quantitative estimate of drug-likeness (QED) is 0.702. The Kier molecular flexibility index (Phi) is 4.19. The van der Waals surface area contributed by atoms with Crippen LogP contribution in [-0.2, 0) is 4.79 Å². The van der Waals surface area contributed by atoms with Gasteiger partial charge in [0.25, 0.3) is 0 Å². The van der Waals surface area contributed by atoms with E-state index in [9.17, 15) is 18.0 Å². The third kappa shape index (κ3) is 4.12. The monoisotopic (exact) mass is 199 g/mol. The van der Waals surface area contributed by atoms with Gasteiger partial charge in [-0.05, 0) is 5.92 Å². The molecule has 3 nitrogen and oxygen atoms in total. The first kappa shape index (κ1) is 12.2. The normalized spacial score (nSPS) is 14.4. The summed E-state index contributed by atoms with van der Waals surface area (Å²) in [5.41, 5.74) is 0. The fourth-order valence-corrected chi connectivity index (χ4v) is 0.673. The summed E-state index contributed by atoms with van der Waals surface area (Å²) in [5.74, 6) is -2.25. The Hall–Kier alpha value is -0.780. The van der Waals surface area contributed by atoms with Crippen LogP contribution in [0.1, 0.15) is 13.8 Å². The zero-order chi connectivity index (χ0) is 10.6. The minimum atomic E-state index is -4.89. The van der Waals surface area contributed by atoms with Crippen LogP contribution in [0, 0.1) is 5.92 Å². The van der Waals surface area contributed by atoms with Crippen molar-refractivity contribution in [1.82, 2.24) is 5.32 Å². The van der Waals surface area contributed by atoms with Gasteiger partial charge >= 0.3 is 12.1 Å². The second-order valence-corrected chi connectivity index (χ2v) is 3.00.